The van der Waals surface area contributed by atoms with Crippen LogP contribution in [0.4, 0.5) is 0 Å². The molecular formula is C24H30O4. The van der Waals surface area contributed by atoms with Crippen molar-refractivity contribution in [1.29, 1.82) is 0 Å². The zero-order chi connectivity index (χ0) is 20.2. The minimum absolute atomic E-state index is 0.399. The lowest BCUT2D eigenvalue weighted by Gasteiger charge is -2.26. The van der Waals surface area contributed by atoms with Gasteiger partial charge in [-0.2, -0.15) is 0 Å². The fraction of sp³-hybridized carbons (Fsp3) is 0.333. The fourth-order valence-corrected chi connectivity index (χ4v) is 2.89. The molecule has 2 N–H and O–H groups in total. The van der Waals surface area contributed by atoms with Crippen LogP contribution in [0.3, 0.4) is 0 Å². The summed E-state index contributed by atoms with van der Waals surface area (Å²) in [6.45, 7) is 8.13. The minimum Gasteiger partial charge on any atom is -0.386 e. The molecule has 4 nitrogen and oxygen atoms in total. The highest BCUT2D eigenvalue weighted by molar-refractivity contribution is 5.14. The quantitative estimate of drug-likeness (QED) is 0.514. The van der Waals surface area contributed by atoms with Crippen molar-refractivity contribution in [3.8, 4) is 0 Å². The van der Waals surface area contributed by atoms with Gasteiger partial charge in [0.15, 0.2) is 0 Å². The molecule has 0 radical (unpaired) electrons. The lowest BCUT2D eigenvalue weighted by atomic mass is 10.0. The Hall–Kier alpha value is -2.24. The van der Waals surface area contributed by atoms with Crippen molar-refractivity contribution in [1.82, 2.24) is 0 Å². The maximum atomic E-state index is 10.2. The Bertz CT molecular complexity index is 625. The van der Waals surface area contributed by atoms with E-state index in [0.29, 0.717) is 26.1 Å². The summed E-state index contributed by atoms with van der Waals surface area (Å²) < 4.78 is 11.8. The zero-order valence-corrected chi connectivity index (χ0v) is 16.2. The Morgan fingerprint density at radius 2 is 1.04 bits per heavy atom. The molecule has 0 saturated carbocycles. The van der Waals surface area contributed by atoms with E-state index in [-0.39, 0.29) is 0 Å². The van der Waals surface area contributed by atoms with Crippen molar-refractivity contribution in [2.45, 2.75) is 50.5 Å². The summed E-state index contributed by atoms with van der Waals surface area (Å²) in [5, 5.41) is 20.5. The number of ether oxygens (including phenoxy) is 2. The Morgan fingerprint density at radius 3 is 1.36 bits per heavy atom. The molecular weight excluding hydrogens is 352 g/mol. The third-order valence-corrected chi connectivity index (χ3v) is 4.59. The molecule has 2 aromatic rings. The molecule has 0 aromatic heterocycles. The van der Waals surface area contributed by atoms with Gasteiger partial charge in [-0.3, -0.25) is 0 Å². The number of benzene rings is 2. The third-order valence-electron chi connectivity index (χ3n) is 4.59. The smallest absolute Gasteiger partial charge is 0.0980 e. The van der Waals surface area contributed by atoms with Crippen molar-refractivity contribution < 1.29 is 19.7 Å². The molecule has 0 spiro atoms. The molecule has 0 aliphatic carbocycles. The van der Waals surface area contributed by atoms with E-state index in [4.69, 9.17) is 9.47 Å². The molecule has 0 amide bonds. The van der Waals surface area contributed by atoms with Crippen molar-refractivity contribution in [3.63, 3.8) is 0 Å². The van der Waals surface area contributed by atoms with E-state index in [9.17, 15) is 10.2 Å². The topological polar surface area (TPSA) is 58.9 Å². The van der Waals surface area contributed by atoms with E-state index in [0.717, 1.165) is 11.1 Å². The van der Waals surface area contributed by atoms with Crippen LogP contribution in [-0.2, 0) is 22.7 Å². The van der Waals surface area contributed by atoms with Gasteiger partial charge in [-0.15, -0.1) is 13.2 Å². The number of aliphatic hydroxyl groups excluding tert-OH is 2. The Balaban J connectivity index is 1.93. The maximum absolute atomic E-state index is 10.2. The summed E-state index contributed by atoms with van der Waals surface area (Å²) in [5.74, 6) is 0. The van der Waals surface area contributed by atoms with E-state index in [2.05, 4.69) is 13.2 Å². The first kappa shape index (κ1) is 22.1. The monoisotopic (exact) mass is 382 g/mol. The summed E-state index contributed by atoms with van der Waals surface area (Å²) >= 11 is 0. The van der Waals surface area contributed by atoms with Gasteiger partial charge in [0, 0.05) is 0 Å². The van der Waals surface area contributed by atoms with Gasteiger partial charge in [-0.1, -0.05) is 72.8 Å². The predicted octanol–water partition coefficient (Wildman–Crippen LogP) is 4.03. The second-order valence-electron chi connectivity index (χ2n) is 6.70. The van der Waals surface area contributed by atoms with Crippen molar-refractivity contribution in [2.75, 3.05) is 0 Å². The van der Waals surface area contributed by atoms with Gasteiger partial charge >= 0.3 is 0 Å². The highest BCUT2D eigenvalue weighted by Crippen LogP contribution is 2.18. The Morgan fingerprint density at radius 1 is 0.679 bits per heavy atom. The summed E-state index contributed by atoms with van der Waals surface area (Å²) in [7, 11) is 0. The molecule has 0 saturated heterocycles. The summed E-state index contributed by atoms with van der Waals surface area (Å²) in [6, 6.07) is 19.6. The van der Waals surface area contributed by atoms with Gasteiger partial charge in [0.05, 0.1) is 37.6 Å². The molecule has 0 aliphatic heterocycles. The van der Waals surface area contributed by atoms with Crippen molar-refractivity contribution in [2.24, 2.45) is 0 Å². The lowest BCUT2D eigenvalue weighted by Crippen LogP contribution is -2.32. The molecule has 28 heavy (non-hydrogen) atoms. The second kappa shape index (κ2) is 12.3. The minimum atomic E-state index is -0.792. The van der Waals surface area contributed by atoms with E-state index < -0.39 is 24.4 Å². The first-order chi connectivity index (χ1) is 13.6. The number of rotatable bonds is 13. The van der Waals surface area contributed by atoms with Gasteiger partial charge < -0.3 is 19.7 Å². The normalized spacial score (nSPS) is 15.4. The molecule has 0 aliphatic rings. The number of hydrogen-bond donors (Lipinski definition) is 2. The molecule has 0 unspecified atom stereocenters. The van der Waals surface area contributed by atoms with Crippen LogP contribution in [0.2, 0.25) is 0 Å². The molecule has 0 fully saturated rings. The first-order valence-electron chi connectivity index (χ1n) is 9.56. The summed E-state index contributed by atoms with van der Waals surface area (Å²) in [5.41, 5.74) is 2.07. The zero-order valence-electron chi connectivity index (χ0n) is 16.2. The van der Waals surface area contributed by atoms with Gasteiger partial charge in [0.1, 0.15) is 0 Å². The SMILES string of the molecule is C=C[C@H](O)[C@H](CC[C@H](OCc1ccccc1)[C@@H](O)C=C)OCc1ccccc1. The van der Waals surface area contributed by atoms with Crippen LogP contribution in [0, 0.1) is 0 Å². The molecule has 2 aromatic carbocycles. The standard InChI is InChI=1S/C24H30O4/c1-3-21(25)23(27-17-19-11-7-5-8-12-19)15-16-24(22(26)4-2)28-18-20-13-9-6-10-14-20/h3-14,21-26H,1-2,15-18H2/t21-,22-,23-,24-/m0/s1. The average Bonchev–Trinajstić information content (AvgIpc) is 2.76. The molecule has 4 atom stereocenters. The van der Waals surface area contributed by atoms with Crippen LogP contribution < -0.4 is 0 Å². The third kappa shape index (κ3) is 7.41. The van der Waals surface area contributed by atoms with Crippen LogP contribution in [0.1, 0.15) is 24.0 Å². The van der Waals surface area contributed by atoms with Crippen LogP contribution in [-0.4, -0.2) is 34.6 Å². The lowest BCUT2D eigenvalue weighted by molar-refractivity contribution is -0.0620. The summed E-state index contributed by atoms with van der Waals surface area (Å²) in [6.07, 6.45) is 1.53. The largest absolute Gasteiger partial charge is 0.386 e. The Labute approximate surface area is 167 Å². The van der Waals surface area contributed by atoms with Gasteiger partial charge in [0.25, 0.3) is 0 Å². The van der Waals surface area contributed by atoms with Crippen LogP contribution in [0.5, 0.6) is 0 Å². The van der Waals surface area contributed by atoms with Crippen molar-refractivity contribution in [3.05, 3.63) is 97.1 Å². The first-order valence-corrected chi connectivity index (χ1v) is 9.56. The van der Waals surface area contributed by atoms with Gasteiger partial charge in [-0.25, -0.2) is 0 Å². The fourth-order valence-electron chi connectivity index (χ4n) is 2.89. The van der Waals surface area contributed by atoms with E-state index in [1.807, 2.05) is 60.7 Å². The predicted molar refractivity (Wildman–Crippen MR) is 112 cm³/mol. The van der Waals surface area contributed by atoms with Gasteiger partial charge in [-0.05, 0) is 24.0 Å². The molecule has 0 heterocycles. The molecule has 2 rings (SSSR count). The van der Waals surface area contributed by atoms with Crippen LogP contribution >= 0.6 is 0 Å². The number of hydrogen-bond acceptors (Lipinski definition) is 4. The van der Waals surface area contributed by atoms with E-state index in [1.54, 1.807) is 0 Å². The molecule has 0 bridgehead atoms. The van der Waals surface area contributed by atoms with E-state index >= 15 is 0 Å². The van der Waals surface area contributed by atoms with Crippen molar-refractivity contribution >= 4 is 0 Å². The highest BCUT2D eigenvalue weighted by atomic mass is 16.5. The summed E-state index contributed by atoms with van der Waals surface area (Å²) in [4.78, 5) is 0. The second-order valence-corrected chi connectivity index (χ2v) is 6.70. The maximum Gasteiger partial charge on any atom is 0.0980 e. The van der Waals surface area contributed by atoms with E-state index in [1.165, 1.54) is 12.2 Å². The van der Waals surface area contributed by atoms with Gasteiger partial charge in [0.2, 0.25) is 0 Å². The number of aliphatic hydroxyl groups is 2. The highest BCUT2D eigenvalue weighted by Gasteiger charge is 2.23. The molecule has 4 heteroatoms. The Kier molecular flexibility index (Phi) is 9.66. The molecule has 150 valence electrons. The average molecular weight is 383 g/mol. The van der Waals surface area contributed by atoms with Crippen LogP contribution in [0.15, 0.2) is 86.0 Å². The van der Waals surface area contributed by atoms with Crippen LogP contribution in [0.25, 0.3) is 0 Å².